The van der Waals surface area contributed by atoms with Crippen molar-refractivity contribution in [2.45, 2.75) is 249 Å². The summed E-state index contributed by atoms with van der Waals surface area (Å²) in [6, 6.07) is -1.99. The molecule has 564 valence electrons. The Bertz CT molecular complexity index is 2570. The van der Waals surface area contributed by atoms with E-state index < -0.39 is 107 Å². The van der Waals surface area contributed by atoms with Crippen LogP contribution in [0.5, 0.6) is 0 Å². The van der Waals surface area contributed by atoms with Crippen LogP contribution in [0.1, 0.15) is 178 Å². The Balaban J connectivity index is 0.00000101. The van der Waals surface area contributed by atoms with Crippen molar-refractivity contribution < 1.29 is 111 Å². The van der Waals surface area contributed by atoms with Gasteiger partial charge in [0, 0.05) is 126 Å². The number of thiocarbonyl (C=S) groups is 2. The molecule has 2 saturated heterocycles. The first-order valence-corrected chi connectivity index (χ1v) is 37.9. The lowest BCUT2D eigenvalue weighted by Gasteiger charge is -2.44. The minimum atomic E-state index is -1.35. The molecule has 0 spiro atoms. The number of rotatable bonds is 51. The van der Waals surface area contributed by atoms with Crippen molar-refractivity contribution in [2.24, 2.45) is 0 Å². The highest BCUT2D eigenvalue weighted by molar-refractivity contribution is 8.48. The fourth-order valence-electron chi connectivity index (χ4n) is 9.61. The first-order valence-electron chi connectivity index (χ1n) is 33.5. The number of hydrogen-bond donors (Lipinski definition) is 5. The normalized spacial score (nSPS) is 21.5. The summed E-state index contributed by atoms with van der Waals surface area (Å²) in [6.07, 6.45) is 0.665. The number of aliphatic hydroxyl groups is 3. The molecule has 33 heteroatoms. The number of amides is 2. The molecule has 0 aliphatic carbocycles. The maximum atomic E-state index is 12.3. The maximum absolute atomic E-state index is 12.3. The average Bonchev–Trinajstić information content (AvgIpc) is 0.793. The average molecular weight is 1520 g/mol. The number of ketones is 4. The first kappa shape index (κ1) is 93.2. The number of ether oxygens (including phenoxy) is 11. The van der Waals surface area contributed by atoms with Gasteiger partial charge in [0.25, 0.3) is 9.74 Å². The van der Waals surface area contributed by atoms with Crippen molar-refractivity contribution >= 4 is 131 Å². The SMILES string of the molecule is [C-]#[N+]C(C)(CCC(=O)CCCOCCOCC(=O)CCCCCCO[C@@H]1O[C@H](CO)[C@H](O)[C@H](O)[C@H]1NC(C)=O)SC(=S)SCC.[C-]#[N+]C(C)(CCC(=O)CCCOCCOCC(=O)CCCCCCO[C@@H]1O[C@H](COC(C)=O)[C@H](OC(C)=O)[C@H](OC(C)=O)[C@H]1NC(C)=O)SC(=S)SCC. The van der Waals surface area contributed by atoms with Crippen molar-refractivity contribution in [3.8, 4) is 0 Å². The number of Topliss-reactive ketones (excluding diaryl/α,β-unsaturated/α-hetero) is 4. The quantitative estimate of drug-likeness (QED) is 0.0127. The van der Waals surface area contributed by atoms with E-state index >= 15 is 0 Å². The van der Waals surface area contributed by atoms with Crippen molar-refractivity contribution in [1.29, 1.82) is 0 Å². The van der Waals surface area contributed by atoms with Crippen LogP contribution in [0.4, 0.5) is 0 Å². The van der Waals surface area contributed by atoms with Crippen molar-refractivity contribution in [1.82, 2.24) is 10.6 Å². The van der Waals surface area contributed by atoms with Crippen molar-refractivity contribution in [3.63, 3.8) is 0 Å². The van der Waals surface area contributed by atoms with Gasteiger partial charge in [-0.05, 0) is 73.6 Å². The van der Waals surface area contributed by atoms with E-state index in [1.807, 2.05) is 27.7 Å². The fourth-order valence-corrected chi connectivity index (χ4v) is 15.3. The summed E-state index contributed by atoms with van der Waals surface area (Å²) < 4.78 is 62.4. The summed E-state index contributed by atoms with van der Waals surface area (Å²) in [7, 11) is 0. The lowest BCUT2D eigenvalue weighted by molar-refractivity contribution is -0.277. The number of carbonyl (C=O) groups is 9. The van der Waals surface area contributed by atoms with Gasteiger partial charge in [-0.3, -0.25) is 52.8 Å². The number of esters is 3. The van der Waals surface area contributed by atoms with Gasteiger partial charge in [-0.2, -0.15) is 0 Å². The Morgan fingerprint density at radius 2 is 0.899 bits per heavy atom. The van der Waals surface area contributed by atoms with E-state index in [2.05, 4.69) is 20.3 Å². The van der Waals surface area contributed by atoms with Crippen LogP contribution in [0.2, 0.25) is 0 Å². The van der Waals surface area contributed by atoms with Crippen LogP contribution in [0, 0.1) is 13.1 Å². The Morgan fingerprint density at radius 1 is 0.495 bits per heavy atom. The third-order valence-corrected chi connectivity index (χ3v) is 20.0. The molecule has 2 amide bonds. The van der Waals surface area contributed by atoms with Crippen LogP contribution in [0.3, 0.4) is 0 Å². The molecule has 2 aliphatic heterocycles. The molecule has 0 aromatic heterocycles. The minimum Gasteiger partial charge on any atom is -0.463 e. The van der Waals surface area contributed by atoms with Gasteiger partial charge < -0.3 is 78.1 Å². The van der Waals surface area contributed by atoms with Crippen LogP contribution in [0.15, 0.2) is 0 Å². The molecule has 27 nitrogen and oxygen atoms in total. The van der Waals surface area contributed by atoms with Crippen molar-refractivity contribution in [3.05, 3.63) is 22.8 Å². The van der Waals surface area contributed by atoms with Crippen LogP contribution >= 0.6 is 71.5 Å². The van der Waals surface area contributed by atoms with E-state index in [0.29, 0.717) is 123 Å². The Morgan fingerprint density at radius 3 is 1.31 bits per heavy atom. The van der Waals surface area contributed by atoms with Gasteiger partial charge in [0.2, 0.25) is 11.8 Å². The third-order valence-electron chi connectivity index (χ3n) is 14.7. The molecular formula is C66H106N4O23S6. The molecule has 2 rings (SSSR count). The van der Waals surface area contributed by atoms with Gasteiger partial charge in [0.05, 0.1) is 33.0 Å². The number of nitrogens with zero attached hydrogens (tertiary/aromatic N) is 2. The second-order valence-electron chi connectivity index (χ2n) is 23.6. The molecule has 12 atom stereocenters. The van der Waals surface area contributed by atoms with Gasteiger partial charge in [0.15, 0.2) is 36.4 Å². The molecule has 2 heterocycles. The molecule has 2 fully saturated rings. The molecule has 0 aromatic carbocycles. The van der Waals surface area contributed by atoms with Crippen LogP contribution in [-0.4, -0.2) is 237 Å². The number of carbonyl (C=O) groups excluding carboxylic acids is 9. The highest BCUT2D eigenvalue weighted by Crippen LogP contribution is 2.38. The Labute approximate surface area is 611 Å². The molecule has 0 bridgehead atoms. The molecule has 0 aromatic rings. The van der Waals surface area contributed by atoms with Gasteiger partial charge in [-0.1, -0.05) is 64.0 Å². The molecule has 99 heavy (non-hydrogen) atoms. The molecule has 0 radical (unpaired) electrons. The van der Waals surface area contributed by atoms with Crippen LogP contribution in [-0.2, 0) is 95.3 Å². The second kappa shape index (κ2) is 54.8. The van der Waals surface area contributed by atoms with Gasteiger partial charge in [-0.15, -0.1) is 23.5 Å². The summed E-state index contributed by atoms with van der Waals surface area (Å²) in [5.41, 5.74) is 0. The summed E-state index contributed by atoms with van der Waals surface area (Å²) in [5, 5.41) is 34.9. The van der Waals surface area contributed by atoms with E-state index in [0.717, 1.165) is 44.2 Å². The smallest absolute Gasteiger partial charge is 0.303 e. The largest absolute Gasteiger partial charge is 0.463 e. The minimum absolute atomic E-state index is 0.00631. The van der Waals surface area contributed by atoms with Crippen LogP contribution in [0.25, 0.3) is 9.69 Å². The maximum Gasteiger partial charge on any atom is 0.303 e. The van der Waals surface area contributed by atoms with E-state index in [9.17, 15) is 58.5 Å². The van der Waals surface area contributed by atoms with E-state index in [1.165, 1.54) is 81.7 Å². The predicted molar refractivity (Wildman–Crippen MR) is 384 cm³/mol. The predicted octanol–water partition coefficient (Wildman–Crippen LogP) is 7.78. The molecule has 2 aliphatic rings. The standard InChI is InChI=1S/C36H56N2O13S3.C30H50N2O10S3/c1-8-53-35(52)54-36(6,37-7)17-16-28(43)15-13-18-45-20-21-46-22-29(44)14-11-9-10-12-19-47-34-31(38-24(2)39)33(50-27(5)42)32(49-26(4)41)30(51-34)23-48-25(3)40;1-5-44-29(43)45-30(3,31-4)14-13-22(35)12-10-15-39-17-18-40-20-23(36)11-8-6-7-9-16-41-28-25(32-21(2)34)27(38)26(37)24(19-33)42-28/h30-34H,8-23H2,1-6H3,(H,38,39);24-28,33,37-38H,5-20H2,1-3H3,(H,32,34)/t30-,31-,32+,33-,34-,36?;24-,25-,26+,27-,28-,30?/m11/s1. The van der Waals surface area contributed by atoms with Gasteiger partial charge in [0.1, 0.15) is 74.9 Å². The van der Waals surface area contributed by atoms with E-state index in [4.69, 9.17) is 89.7 Å². The Kier molecular flexibility index (Phi) is 51.5. The Hall–Kier alpha value is -3.85. The lowest BCUT2D eigenvalue weighted by Crippen LogP contribution is -2.66. The molecule has 2 unspecified atom stereocenters. The topological polar surface area (TPSA) is 349 Å². The summed E-state index contributed by atoms with van der Waals surface area (Å²) in [5.74, 6) is -0.980. The molecule has 5 N–H and O–H groups in total. The zero-order chi connectivity index (χ0) is 74.2. The molecular weight excluding hydrogens is 1410 g/mol. The van der Waals surface area contributed by atoms with E-state index in [-0.39, 0.29) is 62.8 Å². The monoisotopic (exact) mass is 1510 g/mol. The summed E-state index contributed by atoms with van der Waals surface area (Å²) in [6.45, 7) is 30.4. The zero-order valence-corrected chi connectivity index (χ0v) is 63.7. The number of nitrogens with one attached hydrogen (secondary N) is 2. The highest BCUT2D eigenvalue weighted by atomic mass is 32.2. The second-order valence-corrected chi connectivity index (χ2v) is 31.5. The summed E-state index contributed by atoms with van der Waals surface area (Å²) >= 11 is 16.4. The number of unbranched alkanes of at least 4 members (excludes halogenated alkanes) is 6. The zero-order valence-electron chi connectivity index (χ0n) is 58.8. The number of hydrogen-bond acceptors (Lipinski definition) is 29. The van der Waals surface area contributed by atoms with Gasteiger partial charge in [-0.25, -0.2) is 13.1 Å². The third kappa shape index (κ3) is 43.8. The van der Waals surface area contributed by atoms with E-state index in [1.54, 1.807) is 0 Å². The highest BCUT2D eigenvalue weighted by Gasteiger charge is 2.51. The lowest BCUT2D eigenvalue weighted by atomic mass is 9.96. The number of thioether (sulfide) groups is 4. The van der Waals surface area contributed by atoms with Crippen LogP contribution < -0.4 is 10.6 Å². The number of aliphatic hydroxyl groups excluding tert-OH is 3. The van der Waals surface area contributed by atoms with Gasteiger partial charge >= 0.3 is 17.9 Å². The first-order chi connectivity index (χ1) is 47.1. The molecule has 0 saturated carbocycles. The fraction of sp³-hybridized carbons (Fsp3) is 0.803. The summed E-state index contributed by atoms with van der Waals surface area (Å²) in [4.78, 5) is 114. The van der Waals surface area contributed by atoms with Crippen molar-refractivity contribution in [2.75, 3.05) is 90.8 Å².